The van der Waals surface area contributed by atoms with Crippen molar-refractivity contribution in [3.8, 4) is 0 Å². The van der Waals surface area contributed by atoms with Crippen molar-refractivity contribution in [1.29, 1.82) is 0 Å². The molecule has 1 aliphatic rings. The summed E-state index contributed by atoms with van der Waals surface area (Å²) in [7, 11) is 0. The van der Waals surface area contributed by atoms with Gasteiger partial charge in [0.15, 0.2) is 0 Å². The predicted octanol–water partition coefficient (Wildman–Crippen LogP) is 3.13. The molecule has 1 amide bonds. The zero-order valence-electron chi connectivity index (χ0n) is 14.2. The van der Waals surface area contributed by atoms with Crippen LogP contribution in [0.1, 0.15) is 41.3 Å². The van der Waals surface area contributed by atoms with Gasteiger partial charge >= 0.3 is 0 Å². The first-order chi connectivity index (χ1) is 12.3. The molecule has 1 aromatic heterocycles. The third-order valence-electron chi connectivity index (χ3n) is 4.83. The van der Waals surface area contributed by atoms with E-state index in [-0.39, 0.29) is 5.91 Å². The summed E-state index contributed by atoms with van der Waals surface area (Å²) in [4.78, 5) is 12.4. The molecule has 2 aromatic carbocycles. The number of fused-ring (bicyclic) bond motifs is 2. The number of carbonyl (C=O) groups excluding carboxylic acids is 1. The van der Waals surface area contributed by atoms with Gasteiger partial charge in [0.2, 0.25) is 0 Å². The number of hydrogen-bond donors (Lipinski definition) is 1. The van der Waals surface area contributed by atoms with Crippen LogP contribution in [0.2, 0.25) is 0 Å². The highest BCUT2D eigenvalue weighted by Crippen LogP contribution is 2.16. The highest BCUT2D eigenvalue weighted by atomic mass is 16.1. The second kappa shape index (κ2) is 7.05. The maximum Gasteiger partial charge on any atom is 0.251 e. The van der Waals surface area contributed by atoms with E-state index in [1.165, 1.54) is 19.3 Å². The molecule has 0 unspecified atom stereocenters. The van der Waals surface area contributed by atoms with Crippen molar-refractivity contribution in [2.45, 2.75) is 38.6 Å². The lowest BCUT2D eigenvalue weighted by atomic mass is 10.1. The minimum absolute atomic E-state index is 0.0404. The van der Waals surface area contributed by atoms with Crippen molar-refractivity contribution < 1.29 is 4.79 Å². The molecule has 0 aliphatic carbocycles. The van der Waals surface area contributed by atoms with E-state index in [0.29, 0.717) is 18.5 Å². The molecule has 1 N–H and O–H groups in total. The molecule has 4 rings (SSSR count). The average molecular weight is 334 g/mol. The summed E-state index contributed by atoms with van der Waals surface area (Å²) in [6.45, 7) is 1.57. The monoisotopic (exact) mass is 334 g/mol. The van der Waals surface area contributed by atoms with Crippen molar-refractivity contribution in [1.82, 2.24) is 20.1 Å². The number of aryl methyl sites for hydroxylation is 1. The van der Waals surface area contributed by atoms with E-state index in [0.717, 1.165) is 35.4 Å². The molecule has 0 spiro atoms. The first-order valence-corrected chi connectivity index (χ1v) is 8.99. The molecule has 0 atom stereocenters. The average Bonchev–Trinajstić information content (AvgIpc) is 2.88. The third-order valence-corrected chi connectivity index (χ3v) is 4.83. The summed E-state index contributed by atoms with van der Waals surface area (Å²) in [5.41, 5.74) is 0.693. The van der Waals surface area contributed by atoms with E-state index in [1.54, 1.807) is 0 Å². The third kappa shape index (κ3) is 3.40. The lowest BCUT2D eigenvalue weighted by molar-refractivity contribution is 0.0954. The second-order valence-electron chi connectivity index (χ2n) is 6.56. The molecule has 0 radical (unpaired) electrons. The van der Waals surface area contributed by atoms with Crippen LogP contribution in [0.5, 0.6) is 0 Å². The van der Waals surface area contributed by atoms with Crippen LogP contribution in [0.3, 0.4) is 0 Å². The summed E-state index contributed by atoms with van der Waals surface area (Å²) in [5.74, 6) is 2.03. The van der Waals surface area contributed by atoms with Crippen LogP contribution in [-0.4, -0.2) is 27.2 Å². The quantitative estimate of drug-likeness (QED) is 0.797. The van der Waals surface area contributed by atoms with Crippen molar-refractivity contribution in [3.05, 3.63) is 59.7 Å². The second-order valence-corrected chi connectivity index (χ2v) is 6.56. The van der Waals surface area contributed by atoms with E-state index in [9.17, 15) is 4.79 Å². The van der Waals surface area contributed by atoms with Gasteiger partial charge in [0.1, 0.15) is 11.6 Å². The van der Waals surface area contributed by atoms with Gasteiger partial charge in [-0.1, -0.05) is 36.8 Å². The van der Waals surface area contributed by atoms with Crippen molar-refractivity contribution in [2.75, 3.05) is 6.54 Å². The standard InChI is InChI=1S/C20H22N4O/c25-20(17-10-9-15-6-3-4-7-16(15)14-17)21-12-11-19-23-22-18-8-2-1-5-13-24(18)19/h3-4,6-7,9-10,14H,1-2,5,8,11-13H2,(H,21,25). The Balaban J connectivity index is 1.39. The van der Waals surface area contributed by atoms with E-state index in [2.05, 4.69) is 20.1 Å². The largest absolute Gasteiger partial charge is 0.352 e. The molecular formula is C20H22N4O. The van der Waals surface area contributed by atoms with Gasteiger partial charge in [0.25, 0.3) is 5.91 Å². The highest BCUT2D eigenvalue weighted by molar-refractivity contribution is 5.98. The molecule has 0 saturated carbocycles. The van der Waals surface area contributed by atoms with Crippen LogP contribution in [0.25, 0.3) is 10.8 Å². The molecule has 5 heteroatoms. The number of aromatic nitrogens is 3. The maximum atomic E-state index is 12.4. The van der Waals surface area contributed by atoms with E-state index >= 15 is 0 Å². The van der Waals surface area contributed by atoms with Crippen LogP contribution in [0, 0.1) is 0 Å². The number of hydrogen-bond acceptors (Lipinski definition) is 3. The summed E-state index contributed by atoms with van der Waals surface area (Å²) < 4.78 is 2.23. The minimum Gasteiger partial charge on any atom is -0.352 e. The van der Waals surface area contributed by atoms with Gasteiger partial charge in [-0.2, -0.15) is 0 Å². The van der Waals surface area contributed by atoms with Crippen LogP contribution >= 0.6 is 0 Å². The van der Waals surface area contributed by atoms with Crippen molar-refractivity contribution in [2.24, 2.45) is 0 Å². The molecule has 3 aromatic rings. The van der Waals surface area contributed by atoms with Crippen LogP contribution in [0.4, 0.5) is 0 Å². The van der Waals surface area contributed by atoms with Crippen molar-refractivity contribution >= 4 is 16.7 Å². The van der Waals surface area contributed by atoms with Gasteiger partial charge in [-0.3, -0.25) is 4.79 Å². The van der Waals surface area contributed by atoms with Gasteiger partial charge in [-0.25, -0.2) is 0 Å². The van der Waals surface area contributed by atoms with Gasteiger partial charge in [0, 0.05) is 31.5 Å². The highest BCUT2D eigenvalue weighted by Gasteiger charge is 2.14. The number of nitrogens with one attached hydrogen (secondary N) is 1. The number of amides is 1. The normalized spacial score (nSPS) is 14.1. The van der Waals surface area contributed by atoms with E-state index in [4.69, 9.17) is 0 Å². The van der Waals surface area contributed by atoms with Crippen LogP contribution in [-0.2, 0) is 19.4 Å². The molecule has 2 heterocycles. The first kappa shape index (κ1) is 15.8. The Morgan fingerprint density at radius 2 is 1.92 bits per heavy atom. The molecule has 0 fully saturated rings. The van der Waals surface area contributed by atoms with Gasteiger partial charge < -0.3 is 9.88 Å². The van der Waals surface area contributed by atoms with Crippen molar-refractivity contribution in [3.63, 3.8) is 0 Å². The molecular weight excluding hydrogens is 312 g/mol. The zero-order valence-corrected chi connectivity index (χ0v) is 14.2. The molecule has 25 heavy (non-hydrogen) atoms. The Morgan fingerprint density at radius 1 is 1.04 bits per heavy atom. The number of rotatable bonds is 4. The SMILES string of the molecule is O=C(NCCc1nnc2n1CCCCC2)c1ccc2ccccc2c1. The number of carbonyl (C=O) groups is 1. The molecule has 0 saturated heterocycles. The Labute approximate surface area is 147 Å². The summed E-state index contributed by atoms with van der Waals surface area (Å²) >= 11 is 0. The number of benzene rings is 2. The topological polar surface area (TPSA) is 59.8 Å². The molecule has 128 valence electrons. The molecule has 0 bridgehead atoms. The zero-order chi connectivity index (χ0) is 17.1. The summed E-state index contributed by atoms with van der Waals surface area (Å²) in [6.07, 6.45) is 5.35. The number of nitrogens with zero attached hydrogens (tertiary/aromatic N) is 3. The Hall–Kier alpha value is -2.69. The summed E-state index contributed by atoms with van der Waals surface area (Å²) in [6, 6.07) is 13.9. The van der Waals surface area contributed by atoms with Crippen LogP contribution in [0.15, 0.2) is 42.5 Å². The van der Waals surface area contributed by atoms with E-state index in [1.807, 2.05) is 42.5 Å². The fourth-order valence-corrected chi connectivity index (χ4v) is 3.45. The van der Waals surface area contributed by atoms with Gasteiger partial charge in [-0.15, -0.1) is 10.2 Å². The van der Waals surface area contributed by atoms with Gasteiger partial charge in [-0.05, 0) is 35.7 Å². The predicted molar refractivity (Wildman–Crippen MR) is 97.6 cm³/mol. The lowest BCUT2D eigenvalue weighted by Gasteiger charge is -2.08. The molecule has 5 nitrogen and oxygen atoms in total. The molecule has 1 aliphatic heterocycles. The van der Waals surface area contributed by atoms with E-state index < -0.39 is 0 Å². The van der Waals surface area contributed by atoms with Crippen LogP contribution < -0.4 is 5.32 Å². The Bertz CT molecular complexity index is 900. The lowest BCUT2D eigenvalue weighted by Crippen LogP contribution is -2.26. The Kier molecular flexibility index (Phi) is 4.46. The fraction of sp³-hybridized carbons (Fsp3) is 0.350. The van der Waals surface area contributed by atoms with Gasteiger partial charge in [0.05, 0.1) is 0 Å². The minimum atomic E-state index is -0.0404. The summed E-state index contributed by atoms with van der Waals surface area (Å²) in [5, 5.41) is 13.8. The first-order valence-electron chi connectivity index (χ1n) is 8.99. The fourth-order valence-electron chi connectivity index (χ4n) is 3.45. The maximum absolute atomic E-state index is 12.4. The smallest absolute Gasteiger partial charge is 0.251 e. The Morgan fingerprint density at radius 3 is 2.84 bits per heavy atom.